The summed E-state index contributed by atoms with van der Waals surface area (Å²) in [6.45, 7) is 5.87. The first-order valence-electron chi connectivity index (χ1n) is 25.2. The van der Waals surface area contributed by atoms with Crippen molar-refractivity contribution in [2.24, 2.45) is 0 Å². The van der Waals surface area contributed by atoms with Gasteiger partial charge in [0.2, 0.25) is 0 Å². The van der Waals surface area contributed by atoms with Gasteiger partial charge in [-0.25, -0.2) is 75.1 Å². The highest BCUT2D eigenvalue weighted by Gasteiger charge is 2.28. The zero-order valence-electron chi connectivity index (χ0n) is 46.0. The molecule has 0 spiro atoms. The average Bonchev–Trinajstić information content (AvgIpc) is 1.76. The predicted molar refractivity (Wildman–Crippen MR) is 334 cm³/mol. The van der Waals surface area contributed by atoms with Crippen molar-refractivity contribution in [1.29, 1.82) is 0 Å². The lowest BCUT2D eigenvalue weighted by Gasteiger charge is -2.24. The molecule has 0 saturated heterocycles. The molecule has 87 heavy (non-hydrogen) atoms. The van der Waals surface area contributed by atoms with Gasteiger partial charge >= 0.3 is 6.09 Å². The maximum atomic E-state index is 13.6. The maximum absolute atomic E-state index is 13.6. The number of carbonyl (C=O) groups excluding carboxylic acids is 3. The number of amides is 1. The molecule has 0 aliphatic heterocycles. The van der Waals surface area contributed by atoms with E-state index in [-0.39, 0.29) is 38.1 Å². The highest BCUT2D eigenvalue weighted by atomic mass is 79.9. The molecular weight excluding hydrogens is 1460 g/mol. The van der Waals surface area contributed by atoms with E-state index in [4.69, 9.17) is 4.74 Å². The number of carbonyl (C=O) groups is 3. The number of hydrogen-bond donors (Lipinski definition) is 2. The lowest BCUT2D eigenvalue weighted by molar-refractivity contribution is 0.0285. The van der Waals surface area contributed by atoms with Crippen molar-refractivity contribution in [3.05, 3.63) is 204 Å². The van der Waals surface area contributed by atoms with Crippen LogP contribution < -0.4 is 5.32 Å². The van der Waals surface area contributed by atoms with E-state index in [2.05, 4.69) is 94.0 Å². The fourth-order valence-electron chi connectivity index (χ4n) is 8.39. The highest BCUT2D eigenvalue weighted by Crippen LogP contribution is 2.31. The minimum absolute atomic E-state index is 0.0976. The smallest absolute Gasteiger partial charge is 0.410 e. The fourth-order valence-corrected chi connectivity index (χ4v) is 13.7. The molecule has 0 fully saturated rings. The van der Waals surface area contributed by atoms with Crippen LogP contribution in [0.15, 0.2) is 179 Å². The number of fused-ring (bicyclic) bond motifs is 4. The number of aldehydes is 2. The third-order valence-corrected chi connectivity index (χ3v) is 19.0. The van der Waals surface area contributed by atoms with Crippen molar-refractivity contribution < 1.29 is 57.5 Å². The number of aromatic amines is 1. The largest absolute Gasteiger partial charge is 0.444 e. The molecule has 0 aliphatic carbocycles. The molecule has 0 saturated carbocycles. The Balaban J connectivity index is 0.000000156. The molecule has 0 atom stereocenters. The van der Waals surface area contributed by atoms with Crippen LogP contribution in [0.1, 0.15) is 52.6 Å². The Morgan fingerprint density at radius 2 is 0.966 bits per heavy atom. The molecule has 2 N–H and O–H groups in total. The van der Waals surface area contributed by atoms with E-state index in [1.165, 1.54) is 72.0 Å². The first kappa shape index (κ1) is 65.5. The lowest BCUT2D eigenvalue weighted by atomic mass is 10.2. The van der Waals surface area contributed by atoms with Crippen molar-refractivity contribution in [1.82, 2.24) is 47.1 Å². The first-order valence-corrected chi connectivity index (χ1v) is 32.7. The van der Waals surface area contributed by atoms with Gasteiger partial charge in [-0.05, 0) is 200 Å². The van der Waals surface area contributed by atoms with Crippen LogP contribution in [0.25, 0.3) is 44.1 Å². The van der Waals surface area contributed by atoms with Crippen LogP contribution in [0, 0.1) is 17.5 Å². The fraction of sp³-hybridized carbons (Fsp3) is 0.140. The predicted octanol–water partition coefficient (Wildman–Crippen LogP) is 12.6. The van der Waals surface area contributed by atoms with E-state index >= 15 is 0 Å². The van der Waals surface area contributed by atoms with E-state index in [9.17, 15) is 52.8 Å². The Kier molecular flexibility index (Phi) is 20.3. The number of benzene rings is 3. The molecule has 1 amide bonds. The number of nitrogens with zero attached hydrogens (tertiary/aromatic N) is 8. The molecule has 452 valence electrons. The number of nitrogens with one attached hydrogen (secondary N) is 2. The quantitative estimate of drug-likeness (QED) is 0.0851. The second-order valence-electron chi connectivity index (χ2n) is 19.6. The number of halogens is 7. The number of hydrogen-bond acceptors (Lipinski definition) is 15. The van der Waals surface area contributed by atoms with Crippen LogP contribution in [0.5, 0.6) is 0 Å². The molecule has 30 heteroatoms. The molecule has 8 aromatic heterocycles. The Morgan fingerprint density at radius 3 is 1.39 bits per heavy atom. The van der Waals surface area contributed by atoms with Gasteiger partial charge < -0.3 is 19.9 Å². The normalized spacial score (nSPS) is 11.8. The van der Waals surface area contributed by atoms with Gasteiger partial charge in [0.1, 0.15) is 47.1 Å². The van der Waals surface area contributed by atoms with E-state index in [0.29, 0.717) is 54.2 Å². The summed E-state index contributed by atoms with van der Waals surface area (Å²) in [5.74, 6) is -1.93. The number of pyridine rings is 4. The number of ether oxygens (including phenoxy) is 1. The van der Waals surface area contributed by atoms with Crippen LogP contribution in [0.2, 0.25) is 0 Å². The molecule has 8 heterocycles. The van der Waals surface area contributed by atoms with Crippen LogP contribution in [-0.2, 0) is 47.9 Å². The SMILES string of the molecule is CN(Cc1cn(S(=O)(=O)c2cccc(F)c2)c2nc(Br)ccc12)C(=O)OC(C)(C)C.CNCc1cn(S(=O)(=O)c2cccc(F)c2)c2nc(Br)ccc12.O=Cc1c[nH]c2nc(Br)ccc12.O=Cc1cn(S(=O)(=O)c2cccc(F)c2)c2nc(Br)ccc12. The molecule has 20 nitrogen and oxygen atoms in total. The van der Waals surface area contributed by atoms with Crippen molar-refractivity contribution in [3.8, 4) is 0 Å². The van der Waals surface area contributed by atoms with Gasteiger partial charge in [0.25, 0.3) is 30.1 Å². The molecule has 3 aromatic carbocycles. The van der Waals surface area contributed by atoms with E-state index in [1.807, 2.05) is 12.1 Å². The van der Waals surface area contributed by atoms with Gasteiger partial charge in [-0.15, -0.1) is 0 Å². The van der Waals surface area contributed by atoms with Gasteiger partial charge in [0.15, 0.2) is 29.5 Å². The summed E-state index contributed by atoms with van der Waals surface area (Å²) >= 11 is 12.9. The summed E-state index contributed by atoms with van der Waals surface area (Å²) in [5.41, 5.74) is 2.81. The number of H-pyrrole nitrogens is 1. The van der Waals surface area contributed by atoms with Gasteiger partial charge in [-0.3, -0.25) is 9.59 Å². The minimum atomic E-state index is -4.11. The van der Waals surface area contributed by atoms with Crippen molar-refractivity contribution in [2.45, 2.75) is 54.1 Å². The number of aromatic nitrogens is 8. The molecule has 0 unspecified atom stereocenters. The van der Waals surface area contributed by atoms with Crippen LogP contribution in [0.4, 0.5) is 18.0 Å². The molecule has 11 aromatic rings. The zero-order valence-corrected chi connectivity index (χ0v) is 54.7. The summed E-state index contributed by atoms with van der Waals surface area (Å²) in [6, 6.07) is 28.1. The topological polar surface area (TPSA) is 260 Å². The lowest BCUT2D eigenvalue weighted by Crippen LogP contribution is -2.33. The monoisotopic (exact) mass is 1500 g/mol. The molecular formula is C57H47Br4F3N10O10S3. The Labute approximate surface area is 529 Å². The molecule has 0 aliphatic rings. The third kappa shape index (κ3) is 14.9. The van der Waals surface area contributed by atoms with Gasteiger partial charge in [0.05, 0.1) is 21.2 Å². The average molecular weight is 1500 g/mol. The standard InChI is InChI=1S/C20H21BrFN3O4S.C15H13BrFN3O2S.C14H8BrFN2O3S.C8H5BrN2O/c1-20(2,3)29-19(26)24(4)11-13-12-25(18-16(13)8-9-17(21)23-18)30(27,28)15-7-5-6-14(22)10-15;1-18-8-10-9-20(15-13(10)5-6-14(16)19-15)23(21,22)12-4-2-3-11(17)7-12;15-13-5-4-12-9(8-19)7-18(14(12)17-13)22(20,21)11-3-1-2-10(16)6-11;9-7-2-1-6-5(4-12)3-10-8(6)11-7/h5-10,12H,11H2,1-4H3;2-7,9,18H,8H2,1H3;1-8H;1-4H,(H,10,11). The second-order valence-corrected chi connectivity index (χ2v) is 28.3. The Bertz CT molecular complexity index is 4810. The Hall–Kier alpha value is -7.45. The number of rotatable bonds is 12. The van der Waals surface area contributed by atoms with Crippen LogP contribution in [0.3, 0.4) is 0 Å². The second kappa shape index (κ2) is 26.9. The van der Waals surface area contributed by atoms with Crippen molar-refractivity contribution in [3.63, 3.8) is 0 Å². The summed E-state index contributed by atoms with van der Waals surface area (Å²) in [4.78, 5) is 54.5. The summed E-state index contributed by atoms with van der Waals surface area (Å²) in [7, 11) is -8.77. The molecule has 0 radical (unpaired) electrons. The van der Waals surface area contributed by atoms with Crippen LogP contribution >= 0.6 is 63.7 Å². The highest BCUT2D eigenvalue weighted by molar-refractivity contribution is 9.11. The molecule has 11 rings (SSSR count). The Morgan fingerprint density at radius 1 is 0.575 bits per heavy atom. The van der Waals surface area contributed by atoms with E-state index in [1.54, 1.807) is 77.5 Å². The first-order chi connectivity index (χ1) is 41.0. The van der Waals surface area contributed by atoms with E-state index < -0.39 is 59.2 Å². The van der Waals surface area contributed by atoms with Crippen LogP contribution in [-0.4, -0.2) is 105 Å². The maximum Gasteiger partial charge on any atom is 0.410 e. The van der Waals surface area contributed by atoms with Crippen molar-refractivity contribution >= 4 is 157 Å². The van der Waals surface area contributed by atoms with Crippen molar-refractivity contribution in [2.75, 3.05) is 14.1 Å². The zero-order chi connectivity index (χ0) is 63.3. The van der Waals surface area contributed by atoms with E-state index in [0.717, 1.165) is 69.1 Å². The third-order valence-electron chi connectivity index (χ3n) is 12.3. The van der Waals surface area contributed by atoms with Gasteiger partial charge in [-0.2, -0.15) is 0 Å². The summed E-state index contributed by atoms with van der Waals surface area (Å²) in [6.07, 6.45) is 6.56. The van der Waals surface area contributed by atoms with Gasteiger partial charge in [-0.1, -0.05) is 18.2 Å². The summed E-state index contributed by atoms with van der Waals surface area (Å²) < 4.78 is 128. The minimum Gasteiger partial charge on any atom is -0.444 e. The van der Waals surface area contributed by atoms with Gasteiger partial charge in [0, 0.05) is 76.6 Å². The summed E-state index contributed by atoms with van der Waals surface area (Å²) in [5, 5.41) is 5.53. The molecule has 0 bridgehead atoms.